The van der Waals surface area contributed by atoms with Gasteiger partial charge in [0.1, 0.15) is 11.6 Å². The molecule has 3 rings (SSSR count). The van der Waals surface area contributed by atoms with E-state index in [0.717, 1.165) is 24.9 Å². The first kappa shape index (κ1) is 19.5. The summed E-state index contributed by atoms with van der Waals surface area (Å²) in [6.07, 6.45) is 1.04. The second-order valence-corrected chi connectivity index (χ2v) is 6.26. The number of alkyl halides is 2. The third kappa shape index (κ3) is 4.18. The van der Waals surface area contributed by atoms with Crippen LogP contribution >= 0.6 is 0 Å². The fourth-order valence-electron chi connectivity index (χ4n) is 2.82. The zero-order chi connectivity index (χ0) is 20.3. The molecule has 28 heavy (non-hydrogen) atoms. The van der Waals surface area contributed by atoms with Crippen molar-refractivity contribution in [2.45, 2.75) is 31.2 Å². The zero-order valence-corrected chi connectivity index (χ0v) is 14.3. The predicted molar refractivity (Wildman–Crippen MR) is 89.2 cm³/mol. The first-order valence-electron chi connectivity index (χ1n) is 8.24. The molecule has 11 heteroatoms. The Balaban J connectivity index is 1.69. The van der Waals surface area contributed by atoms with Crippen LogP contribution in [-0.2, 0) is 10.3 Å². The van der Waals surface area contributed by atoms with Crippen molar-refractivity contribution in [3.05, 3.63) is 53.4 Å². The summed E-state index contributed by atoms with van der Waals surface area (Å²) in [5, 5.41) is 3.04. The van der Waals surface area contributed by atoms with Gasteiger partial charge in [-0.2, -0.15) is 8.78 Å². The van der Waals surface area contributed by atoms with E-state index in [-0.39, 0.29) is 11.5 Å². The maximum Gasteiger partial charge on any atom is 0.317 e. The van der Waals surface area contributed by atoms with Crippen LogP contribution in [0.25, 0.3) is 0 Å². The topological polar surface area (TPSA) is 96.0 Å². The molecule has 7 nitrogen and oxygen atoms in total. The summed E-state index contributed by atoms with van der Waals surface area (Å²) < 4.78 is 51.3. The molecule has 0 atom stereocenters. The van der Waals surface area contributed by atoms with Gasteiger partial charge in [-0.15, -0.1) is 0 Å². The predicted octanol–water partition coefficient (Wildman–Crippen LogP) is 2.27. The lowest BCUT2D eigenvalue weighted by molar-refractivity contribution is -0.132. The number of rotatable bonds is 5. The molecule has 0 aliphatic heterocycles. The number of aromatic nitrogens is 2. The molecule has 2 amide bonds. The van der Waals surface area contributed by atoms with Gasteiger partial charge >= 0.3 is 12.3 Å². The van der Waals surface area contributed by atoms with Crippen LogP contribution in [0.2, 0.25) is 0 Å². The average molecular weight is 397 g/mol. The van der Waals surface area contributed by atoms with Crippen LogP contribution in [0.3, 0.4) is 0 Å². The fraction of sp³-hybridized carbons (Fsp3) is 0.294. The number of amides is 2. The minimum absolute atomic E-state index is 0.0837. The SMILES string of the molecule is O=C(NNC(=O)C(F)F)c1cnc(NC2(c3cc(F)cc(F)c3)CCC2)nc1. The number of hydrogen-bond acceptors (Lipinski definition) is 5. The van der Waals surface area contributed by atoms with E-state index in [1.807, 2.05) is 0 Å². The molecule has 3 N–H and O–H groups in total. The summed E-state index contributed by atoms with van der Waals surface area (Å²) in [7, 11) is 0. The number of carbonyl (C=O) groups excluding carboxylic acids is 2. The number of benzene rings is 1. The third-order valence-corrected chi connectivity index (χ3v) is 4.38. The number of nitrogens with zero attached hydrogens (tertiary/aromatic N) is 2. The molecule has 0 saturated heterocycles. The molecule has 1 aromatic carbocycles. The van der Waals surface area contributed by atoms with Crippen LogP contribution in [0, 0.1) is 11.6 Å². The van der Waals surface area contributed by atoms with Crippen molar-refractivity contribution in [1.29, 1.82) is 0 Å². The number of carbonyl (C=O) groups is 2. The maximum absolute atomic E-state index is 13.6. The summed E-state index contributed by atoms with van der Waals surface area (Å²) in [4.78, 5) is 30.5. The molecule has 0 unspecified atom stereocenters. The van der Waals surface area contributed by atoms with Gasteiger partial charge in [-0.25, -0.2) is 18.7 Å². The number of hydrazine groups is 1. The Morgan fingerprint density at radius 2 is 1.61 bits per heavy atom. The molecule has 1 aliphatic rings. The zero-order valence-electron chi connectivity index (χ0n) is 14.3. The van der Waals surface area contributed by atoms with E-state index >= 15 is 0 Å². The molecule has 1 fully saturated rings. The minimum Gasteiger partial charge on any atom is -0.345 e. The summed E-state index contributed by atoms with van der Waals surface area (Å²) >= 11 is 0. The van der Waals surface area contributed by atoms with Gasteiger partial charge in [-0.3, -0.25) is 20.4 Å². The standard InChI is InChI=1S/C17H15F4N5O2/c18-11-4-10(5-12(19)6-11)17(2-1-3-17)24-16-22-7-9(8-23-16)14(27)25-26-15(28)13(20)21/h4-8,13H,1-3H2,(H,25,27)(H,26,28)(H,22,23,24). The second kappa shape index (κ2) is 7.79. The molecule has 1 aromatic heterocycles. The molecule has 0 radical (unpaired) electrons. The minimum atomic E-state index is -3.27. The lowest BCUT2D eigenvalue weighted by atomic mass is 9.72. The van der Waals surface area contributed by atoms with Crippen molar-refractivity contribution in [2.75, 3.05) is 5.32 Å². The molecule has 2 aromatic rings. The lowest BCUT2D eigenvalue weighted by Crippen LogP contribution is -2.44. The van der Waals surface area contributed by atoms with Gasteiger partial charge < -0.3 is 5.32 Å². The van der Waals surface area contributed by atoms with Crippen molar-refractivity contribution in [2.24, 2.45) is 0 Å². The molecular weight excluding hydrogens is 382 g/mol. The quantitative estimate of drug-likeness (QED) is 0.531. The third-order valence-electron chi connectivity index (χ3n) is 4.38. The van der Waals surface area contributed by atoms with Gasteiger partial charge in [0, 0.05) is 18.5 Å². The normalized spacial score (nSPS) is 14.9. The van der Waals surface area contributed by atoms with Crippen LogP contribution in [0.4, 0.5) is 23.5 Å². The largest absolute Gasteiger partial charge is 0.345 e. The number of halogens is 4. The number of hydrogen-bond donors (Lipinski definition) is 3. The highest BCUT2D eigenvalue weighted by Crippen LogP contribution is 2.43. The van der Waals surface area contributed by atoms with E-state index in [0.29, 0.717) is 18.4 Å². The van der Waals surface area contributed by atoms with Gasteiger partial charge in [-0.1, -0.05) is 0 Å². The van der Waals surface area contributed by atoms with Crippen LogP contribution < -0.4 is 16.2 Å². The van der Waals surface area contributed by atoms with Crippen molar-refractivity contribution >= 4 is 17.8 Å². The van der Waals surface area contributed by atoms with Gasteiger partial charge in [0.05, 0.1) is 11.1 Å². The first-order chi connectivity index (χ1) is 13.3. The Kier molecular flexibility index (Phi) is 5.43. The molecule has 148 valence electrons. The monoisotopic (exact) mass is 397 g/mol. The van der Waals surface area contributed by atoms with Gasteiger partial charge in [0.2, 0.25) is 5.95 Å². The highest BCUT2D eigenvalue weighted by molar-refractivity contribution is 5.95. The molecule has 0 bridgehead atoms. The summed E-state index contributed by atoms with van der Waals surface area (Å²) in [6, 6.07) is 3.26. The number of anilines is 1. The Bertz CT molecular complexity index is 867. The maximum atomic E-state index is 13.6. The number of nitrogens with one attached hydrogen (secondary N) is 3. The van der Waals surface area contributed by atoms with E-state index < -0.39 is 35.4 Å². The smallest absolute Gasteiger partial charge is 0.317 e. The Labute approximate surface area is 156 Å². The van der Waals surface area contributed by atoms with Gasteiger partial charge in [0.25, 0.3) is 5.91 Å². The fourth-order valence-corrected chi connectivity index (χ4v) is 2.82. The van der Waals surface area contributed by atoms with E-state index in [4.69, 9.17) is 0 Å². The van der Waals surface area contributed by atoms with E-state index in [2.05, 4.69) is 15.3 Å². The second-order valence-electron chi connectivity index (χ2n) is 6.26. The summed E-state index contributed by atoms with van der Waals surface area (Å²) in [6.45, 7) is 0. The van der Waals surface area contributed by atoms with Crippen LogP contribution in [0.5, 0.6) is 0 Å². The Hall–Kier alpha value is -3.24. The molecule has 1 saturated carbocycles. The van der Waals surface area contributed by atoms with Gasteiger partial charge in [0.15, 0.2) is 0 Å². The van der Waals surface area contributed by atoms with Crippen LogP contribution in [-0.4, -0.2) is 28.2 Å². The van der Waals surface area contributed by atoms with Crippen LogP contribution in [0.1, 0.15) is 35.2 Å². The van der Waals surface area contributed by atoms with E-state index in [1.165, 1.54) is 12.1 Å². The lowest BCUT2D eigenvalue weighted by Gasteiger charge is -2.43. The highest BCUT2D eigenvalue weighted by atomic mass is 19.3. The van der Waals surface area contributed by atoms with Crippen molar-refractivity contribution < 1.29 is 27.2 Å². The van der Waals surface area contributed by atoms with Gasteiger partial charge in [-0.05, 0) is 37.0 Å². The van der Waals surface area contributed by atoms with Crippen LogP contribution in [0.15, 0.2) is 30.6 Å². The van der Waals surface area contributed by atoms with E-state index in [9.17, 15) is 27.2 Å². The average Bonchev–Trinajstić information content (AvgIpc) is 2.62. The van der Waals surface area contributed by atoms with Crippen molar-refractivity contribution in [1.82, 2.24) is 20.8 Å². The molecule has 1 aliphatic carbocycles. The molecule has 0 spiro atoms. The Morgan fingerprint density at radius 3 is 2.11 bits per heavy atom. The van der Waals surface area contributed by atoms with E-state index in [1.54, 1.807) is 10.9 Å². The summed E-state index contributed by atoms with van der Waals surface area (Å²) in [5.74, 6) is -3.80. The molecular formula is C17H15F4N5O2. The first-order valence-corrected chi connectivity index (χ1v) is 8.24. The summed E-state index contributed by atoms with van der Waals surface area (Å²) in [5.41, 5.74) is 2.98. The highest BCUT2D eigenvalue weighted by Gasteiger charge is 2.40. The van der Waals surface area contributed by atoms with Crippen molar-refractivity contribution in [3.63, 3.8) is 0 Å². The van der Waals surface area contributed by atoms with Crippen molar-refractivity contribution in [3.8, 4) is 0 Å². The molecule has 1 heterocycles. The Morgan fingerprint density at radius 1 is 1.00 bits per heavy atom.